The van der Waals surface area contributed by atoms with Crippen molar-refractivity contribution in [3.8, 4) is 0 Å². The third kappa shape index (κ3) is 1.41. The fraction of sp³-hybridized carbons (Fsp3) is 0.154. The lowest BCUT2D eigenvalue weighted by Gasteiger charge is -2.21. The molecule has 0 fully saturated rings. The van der Waals surface area contributed by atoms with Gasteiger partial charge in [0.15, 0.2) is 0 Å². The Bertz CT molecular complexity index is 533. The summed E-state index contributed by atoms with van der Waals surface area (Å²) in [5.41, 5.74) is 5.07. The van der Waals surface area contributed by atoms with Crippen LogP contribution in [0.5, 0.6) is 0 Å². The smallest absolute Gasteiger partial charge is 0.305 e. The lowest BCUT2D eigenvalue weighted by molar-refractivity contribution is -0.518. The summed E-state index contributed by atoms with van der Waals surface area (Å²) in [5, 5.41) is 11.7. The zero-order valence-corrected chi connectivity index (χ0v) is 9.34. The van der Waals surface area contributed by atoms with Crippen LogP contribution in [0.3, 0.4) is 0 Å². The van der Waals surface area contributed by atoms with Crippen LogP contribution in [0.25, 0.3) is 6.08 Å². The molecule has 0 aliphatic carbocycles. The van der Waals surface area contributed by atoms with Gasteiger partial charge in [-0.05, 0) is 12.1 Å². The molecule has 1 aromatic carbocycles. The number of amidine groups is 1. The largest absolute Gasteiger partial charge is 0.692 e. The van der Waals surface area contributed by atoms with Gasteiger partial charge in [0.2, 0.25) is 6.17 Å². The van der Waals surface area contributed by atoms with Crippen molar-refractivity contribution in [2.75, 3.05) is 4.90 Å². The van der Waals surface area contributed by atoms with Crippen LogP contribution in [0.2, 0.25) is 0 Å². The molecule has 1 unspecified atom stereocenters. The van der Waals surface area contributed by atoms with E-state index in [2.05, 4.69) is 12.0 Å². The van der Waals surface area contributed by atoms with Gasteiger partial charge in [0, 0.05) is 18.1 Å². The molecule has 0 bridgehead atoms. The Morgan fingerprint density at radius 1 is 1.41 bits per heavy atom. The summed E-state index contributed by atoms with van der Waals surface area (Å²) in [7, 11) is 0. The minimum absolute atomic E-state index is 0.0499. The SMILES string of the molecule is C=CCC1N[N+]([O-])=C2C=Cc3ccccc3N21. The summed E-state index contributed by atoms with van der Waals surface area (Å²) < 4.78 is 0. The van der Waals surface area contributed by atoms with Crippen LogP contribution < -0.4 is 10.3 Å². The van der Waals surface area contributed by atoms with E-state index in [4.69, 9.17) is 0 Å². The van der Waals surface area contributed by atoms with Crippen molar-refractivity contribution >= 4 is 17.6 Å². The van der Waals surface area contributed by atoms with Crippen LogP contribution in [0.15, 0.2) is 43.0 Å². The average Bonchev–Trinajstić information content (AvgIpc) is 2.67. The molecule has 1 atom stereocenters. The first-order chi connectivity index (χ1) is 8.31. The first-order valence-corrected chi connectivity index (χ1v) is 5.59. The third-order valence-electron chi connectivity index (χ3n) is 3.03. The molecule has 0 amide bonds. The summed E-state index contributed by atoms with van der Waals surface area (Å²) >= 11 is 0. The number of hydrazine groups is 1. The molecule has 2 heterocycles. The second-order valence-electron chi connectivity index (χ2n) is 4.08. The zero-order valence-electron chi connectivity index (χ0n) is 9.34. The van der Waals surface area contributed by atoms with Crippen LogP contribution in [-0.2, 0) is 0 Å². The lowest BCUT2D eigenvalue weighted by Crippen LogP contribution is -2.41. The standard InChI is InChI=1S/C13H13N3O/c1-2-5-12-14-16(17)13-9-8-10-6-3-4-7-11(10)15(12)13/h2-4,6-9,12,14H,1,5H2. The van der Waals surface area contributed by atoms with E-state index in [0.29, 0.717) is 12.3 Å². The van der Waals surface area contributed by atoms with Gasteiger partial charge in [0.05, 0.1) is 0 Å². The molecule has 1 aromatic rings. The summed E-state index contributed by atoms with van der Waals surface area (Å²) in [6.07, 6.45) is 6.28. The molecular formula is C13H13N3O. The first-order valence-electron chi connectivity index (χ1n) is 5.59. The molecule has 0 spiro atoms. The number of rotatable bonds is 2. The molecule has 0 saturated carbocycles. The van der Waals surface area contributed by atoms with E-state index in [9.17, 15) is 5.21 Å². The van der Waals surface area contributed by atoms with Gasteiger partial charge in [-0.15, -0.1) is 6.58 Å². The van der Waals surface area contributed by atoms with Gasteiger partial charge in [-0.25, -0.2) is 10.3 Å². The molecular weight excluding hydrogens is 214 g/mol. The Kier molecular flexibility index (Phi) is 2.14. The monoisotopic (exact) mass is 227 g/mol. The van der Waals surface area contributed by atoms with E-state index in [-0.39, 0.29) is 6.17 Å². The van der Waals surface area contributed by atoms with Crippen molar-refractivity contribution in [3.05, 3.63) is 53.8 Å². The highest BCUT2D eigenvalue weighted by Crippen LogP contribution is 2.30. The molecule has 2 aliphatic heterocycles. The number of hydrogen-bond acceptors (Lipinski definition) is 3. The fourth-order valence-corrected chi connectivity index (χ4v) is 2.28. The van der Waals surface area contributed by atoms with Crippen molar-refractivity contribution in [1.82, 2.24) is 5.43 Å². The Labute approximate surface area is 99.7 Å². The van der Waals surface area contributed by atoms with E-state index in [1.165, 1.54) is 0 Å². The van der Waals surface area contributed by atoms with Crippen LogP contribution in [0, 0.1) is 5.21 Å². The molecule has 3 rings (SSSR count). The van der Waals surface area contributed by atoms with E-state index in [1.807, 2.05) is 47.4 Å². The first kappa shape index (κ1) is 9.96. The topological polar surface area (TPSA) is 41.3 Å². The summed E-state index contributed by atoms with van der Waals surface area (Å²) in [6.45, 7) is 3.73. The summed E-state index contributed by atoms with van der Waals surface area (Å²) in [6, 6.07) is 8.04. The maximum atomic E-state index is 11.7. The highest BCUT2D eigenvalue weighted by atomic mass is 16.5. The van der Waals surface area contributed by atoms with Crippen molar-refractivity contribution in [3.63, 3.8) is 0 Å². The van der Waals surface area contributed by atoms with E-state index in [1.54, 1.807) is 0 Å². The normalized spacial score (nSPS) is 20.9. The van der Waals surface area contributed by atoms with Gasteiger partial charge >= 0.3 is 5.84 Å². The molecule has 17 heavy (non-hydrogen) atoms. The molecule has 0 radical (unpaired) electrons. The van der Waals surface area contributed by atoms with Crippen molar-refractivity contribution < 1.29 is 4.85 Å². The average molecular weight is 227 g/mol. The number of nitrogens with zero attached hydrogens (tertiary/aromatic N) is 2. The fourth-order valence-electron chi connectivity index (χ4n) is 2.28. The number of para-hydroxylation sites is 1. The van der Waals surface area contributed by atoms with E-state index < -0.39 is 0 Å². The number of hydrazone groups is 1. The Morgan fingerprint density at radius 3 is 3.06 bits per heavy atom. The second-order valence-corrected chi connectivity index (χ2v) is 4.08. The number of anilines is 1. The van der Waals surface area contributed by atoms with Crippen molar-refractivity contribution in [1.29, 1.82) is 0 Å². The second kappa shape index (κ2) is 3.66. The summed E-state index contributed by atoms with van der Waals surface area (Å²) in [4.78, 5) is 2.84. The lowest BCUT2D eigenvalue weighted by atomic mass is 10.1. The highest BCUT2D eigenvalue weighted by Gasteiger charge is 2.39. The maximum absolute atomic E-state index is 11.7. The van der Waals surface area contributed by atoms with Crippen molar-refractivity contribution in [2.45, 2.75) is 12.6 Å². The third-order valence-corrected chi connectivity index (χ3v) is 3.03. The minimum atomic E-state index is -0.0499. The molecule has 0 aromatic heterocycles. The quantitative estimate of drug-likeness (QED) is 0.476. The maximum Gasteiger partial charge on any atom is 0.305 e. The predicted molar refractivity (Wildman–Crippen MR) is 68.3 cm³/mol. The number of hydrogen-bond donors (Lipinski definition) is 1. The van der Waals surface area contributed by atoms with Gasteiger partial charge < -0.3 is 5.21 Å². The summed E-state index contributed by atoms with van der Waals surface area (Å²) in [5.74, 6) is 0.635. The van der Waals surface area contributed by atoms with Crippen LogP contribution in [0.1, 0.15) is 12.0 Å². The van der Waals surface area contributed by atoms with Gasteiger partial charge in [-0.1, -0.05) is 24.3 Å². The van der Waals surface area contributed by atoms with Gasteiger partial charge in [0.1, 0.15) is 5.69 Å². The van der Waals surface area contributed by atoms with Crippen LogP contribution in [0.4, 0.5) is 5.69 Å². The molecule has 0 saturated heterocycles. The Morgan fingerprint density at radius 2 is 2.24 bits per heavy atom. The number of benzene rings is 1. The molecule has 2 aliphatic rings. The molecule has 4 nitrogen and oxygen atoms in total. The Balaban J connectivity index is 2.10. The Hall–Kier alpha value is -2.23. The van der Waals surface area contributed by atoms with Gasteiger partial charge in [-0.3, -0.25) is 0 Å². The number of fused-ring (bicyclic) bond motifs is 3. The van der Waals surface area contributed by atoms with Gasteiger partial charge in [0.25, 0.3) is 0 Å². The number of nitrogens with one attached hydrogen (secondary N) is 1. The zero-order chi connectivity index (χ0) is 11.8. The van der Waals surface area contributed by atoms with Crippen molar-refractivity contribution in [2.24, 2.45) is 0 Å². The van der Waals surface area contributed by atoms with Crippen LogP contribution in [-0.4, -0.2) is 16.8 Å². The van der Waals surface area contributed by atoms with Gasteiger partial charge in [-0.2, -0.15) is 4.85 Å². The van der Waals surface area contributed by atoms with E-state index in [0.717, 1.165) is 16.1 Å². The predicted octanol–water partition coefficient (Wildman–Crippen LogP) is 1.85. The molecule has 1 N–H and O–H groups in total. The highest BCUT2D eigenvalue weighted by molar-refractivity contribution is 6.10. The minimum Gasteiger partial charge on any atom is -0.692 e. The molecule has 4 heteroatoms. The van der Waals surface area contributed by atoms with E-state index >= 15 is 0 Å². The molecule has 86 valence electrons. The van der Waals surface area contributed by atoms with Crippen LogP contribution >= 0.6 is 0 Å².